The van der Waals surface area contributed by atoms with E-state index in [-0.39, 0.29) is 0 Å². The molecule has 1 aromatic rings. The summed E-state index contributed by atoms with van der Waals surface area (Å²) < 4.78 is 0. The minimum Gasteiger partial charge on any atom is -0.312 e. The fourth-order valence-electron chi connectivity index (χ4n) is 2.54. The zero-order valence-electron chi connectivity index (χ0n) is 10.8. The van der Waals surface area contributed by atoms with Gasteiger partial charge in [-0.3, -0.25) is 0 Å². The number of hydrogen-bond acceptors (Lipinski definition) is 1. The van der Waals surface area contributed by atoms with Crippen LogP contribution >= 0.6 is 11.6 Å². The van der Waals surface area contributed by atoms with E-state index in [0.29, 0.717) is 11.3 Å². The molecule has 0 amide bonds. The van der Waals surface area contributed by atoms with Crippen LogP contribution in [0.4, 0.5) is 0 Å². The topological polar surface area (TPSA) is 12.0 Å². The maximum absolute atomic E-state index is 6.27. The molecule has 1 nitrogen and oxygen atoms in total. The lowest BCUT2D eigenvalue weighted by Crippen LogP contribution is -2.25. The van der Waals surface area contributed by atoms with Gasteiger partial charge in [-0.25, -0.2) is 0 Å². The highest BCUT2D eigenvalue weighted by Crippen LogP contribution is 2.29. The Morgan fingerprint density at radius 1 is 1.24 bits per heavy atom. The lowest BCUT2D eigenvalue weighted by atomic mass is 10.1. The van der Waals surface area contributed by atoms with E-state index in [2.05, 4.69) is 37.4 Å². The minimum absolute atomic E-state index is 0.391. The summed E-state index contributed by atoms with van der Waals surface area (Å²) in [5.74, 6) is 0.670. The number of nitrogens with one attached hydrogen (secondary N) is 1. The molecule has 0 aromatic heterocycles. The van der Waals surface area contributed by atoms with Crippen LogP contribution in [-0.4, -0.2) is 11.9 Å². The van der Waals surface area contributed by atoms with Gasteiger partial charge in [-0.1, -0.05) is 24.6 Å². The molecular weight excluding hydrogens is 230 g/mol. The van der Waals surface area contributed by atoms with E-state index < -0.39 is 0 Å². The first-order chi connectivity index (χ1) is 8.16. The molecule has 1 aromatic carbocycles. The monoisotopic (exact) mass is 251 g/mol. The lowest BCUT2D eigenvalue weighted by Gasteiger charge is -2.14. The Morgan fingerprint density at radius 3 is 2.71 bits per heavy atom. The second kappa shape index (κ2) is 5.88. The number of aryl methyl sites for hydroxylation is 2. The van der Waals surface area contributed by atoms with Gasteiger partial charge in [-0.05, 0) is 55.8 Å². The fourth-order valence-corrected chi connectivity index (χ4v) is 2.91. The first kappa shape index (κ1) is 12.9. The van der Waals surface area contributed by atoms with E-state index in [1.54, 1.807) is 0 Å². The third-order valence-corrected chi connectivity index (χ3v) is 4.45. The minimum atomic E-state index is 0.391. The van der Waals surface area contributed by atoms with Crippen LogP contribution in [0, 0.1) is 19.8 Å². The first-order valence-corrected chi connectivity index (χ1v) is 7.01. The van der Waals surface area contributed by atoms with Crippen LogP contribution < -0.4 is 5.32 Å². The second-order valence-electron chi connectivity index (χ2n) is 5.26. The van der Waals surface area contributed by atoms with Crippen molar-refractivity contribution in [3.8, 4) is 0 Å². The van der Waals surface area contributed by atoms with Crippen LogP contribution in [0.5, 0.6) is 0 Å². The van der Waals surface area contributed by atoms with Crippen molar-refractivity contribution in [2.24, 2.45) is 5.92 Å². The summed E-state index contributed by atoms with van der Waals surface area (Å²) in [5, 5.41) is 3.93. The first-order valence-electron chi connectivity index (χ1n) is 6.57. The fraction of sp³-hybridized carbons (Fsp3) is 0.600. The molecule has 1 aliphatic rings. The maximum atomic E-state index is 6.27. The average Bonchev–Trinajstić information content (AvgIpc) is 2.70. The van der Waals surface area contributed by atoms with Crippen LogP contribution in [0.3, 0.4) is 0 Å². The van der Waals surface area contributed by atoms with Gasteiger partial charge in [0.25, 0.3) is 0 Å². The number of halogens is 1. The summed E-state index contributed by atoms with van der Waals surface area (Å²) in [5.41, 5.74) is 4.11. The van der Waals surface area contributed by atoms with Gasteiger partial charge in [0.1, 0.15) is 0 Å². The molecule has 1 N–H and O–H groups in total. The summed E-state index contributed by atoms with van der Waals surface area (Å²) in [6, 6.07) is 6.68. The Bertz CT molecular complexity index is 375. The Hall–Kier alpha value is -0.530. The summed E-state index contributed by atoms with van der Waals surface area (Å²) >= 11 is 6.27. The van der Waals surface area contributed by atoms with Crippen molar-refractivity contribution in [3.05, 3.63) is 34.9 Å². The van der Waals surface area contributed by atoms with Gasteiger partial charge < -0.3 is 5.32 Å². The molecule has 17 heavy (non-hydrogen) atoms. The Kier molecular flexibility index (Phi) is 4.47. The molecule has 0 spiro atoms. The molecule has 1 saturated carbocycles. The summed E-state index contributed by atoms with van der Waals surface area (Å²) in [6.45, 7) is 6.34. The molecule has 0 radical (unpaired) electrons. The summed E-state index contributed by atoms with van der Waals surface area (Å²) in [7, 11) is 0. The molecule has 0 aliphatic heterocycles. The van der Waals surface area contributed by atoms with Crippen LogP contribution in [0.25, 0.3) is 0 Å². The highest BCUT2D eigenvalue weighted by Gasteiger charge is 2.24. The molecule has 2 atom stereocenters. The van der Waals surface area contributed by atoms with Crippen molar-refractivity contribution >= 4 is 11.6 Å². The highest BCUT2D eigenvalue weighted by molar-refractivity contribution is 6.20. The van der Waals surface area contributed by atoms with E-state index in [9.17, 15) is 0 Å². The van der Waals surface area contributed by atoms with Gasteiger partial charge in [-0.2, -0.15) is 0 Å². The Balaban J connectivity index is 1.79. The van der Waals surface area contributed by atoms with Crippen molar-refractivity contribution in [2.45, 2.75) is 45.0 Å². The van der Waals surface area contributed by atoms with Gasteiger partial charge in [0.15, 0.2) is 0 Å². The predicted molar refractivity (Wildman–Crippen MR) is 74.6 cm³/mol. The molecular formula is C15H22ClN. The van der Waals surface area contributed by atoms with Crippen LogP contribution in [-0.2, 0) is 6.54 Å². The van der Waals surface area contributed by atoms with Crippen molar-refractivity contribution in [3.63, 3.8) is 0 Å². The summed E-state index contributed by atoms with van der Waals surface area (Å²) in [4.78, 5) is 0. The molecule has 0 saturated heterocycles. The molecule has 2 heteroatoms. The largest absolute Gasteiger partial charge is 0.312 e. The standard InChI is InChI=1S/C15H22ClN/c1-11-6-7-13(8-12(11)2)9-17-10-14-4-3-5-15(14)16/h6-8,14-15,17H,3-5,9-10H2,1-2H3. The molecule has 0 bridgehead atoms. The SMILES string of the molecule is Cc1ccc(CNCC2CCCC2Cl)cc1C. The van der Waals surface area contributed by atoms with E-state index in [1.165, 1.54) is 36.0 Å². The Labute approximate surface area is 110 Å². The lowest BCUT2D eigenvalue weighted by molar-refractivity contribution is 0.494. The number of hydrogen-bond donors (Lipinski definition) is 1. The molecule has 94 valence electrons. The van der Waals surface area contributed by atoms with Crippen molar-refractivity contribution in [1.82, 2.24) is 5.32 Å². The third kappa shape index (κ3) is 3.46. The average molecular weight is 252 g/mol. The van der Waals surface area contributed by atoms with Crippen LogP contribution in [0.1, 0.15) is 36.0 Å². The second-order valence-corrected chi connectivity index (χ2v) is 5.82. The van der Waals surface area contributed by atoms with Gasteiger partial charge in [0, 0.05) is 11.9 Å². The highest BCUT2D eigenvalue weighted by atomic mass is 35.5. The molecule has 2 unspecified atom stereocenters. The number of rotatable bonds is 4. The van der Waals surface area contributed by atoms with Crippen molar-refractivity contribution < 1.29 is 0 Å². The Morgan fingerprint density at radius 2 is 2.06 bits per heavy atom. The number of benzene rings is 1. The van der Waals surface area contributed by atoms with Crippen LogP contribution in [0.2, 0.25) is 0 Å². The van der Waals surface area contributed by atoms with E-state index in [1.807, 2.05) is 0 Å². The van der Waals surface area contributed by atoms with E-state index in [4.69, 9.17) is 11.6 Å². The number of alkyl halides is 1. The van der Waals surface area contributed by atoms with Crippen LogP contribution in [0.15, 0.2) is 18.2 Å². The van der Waals surface area contributed by atoms with Crippen molar-refractivity contribution in [1.29, 1.82) is 0 Å². The zero-order valence-corrected chi connectivity index (χ0v) is 11.6. The zero-order chi connectivity index (χ0) is 12.3. The van der Waals surface area contributed by atoms with Gasteiger partial charge in [-0.15, -0.1) is 11.6 Å². The molecule has 1 aliphatic carbocycles. The maximum Gasteiger partial charge on any atom is 0.0376 e. The van der Waals surface area contributed by atoms with Gasteiger partial charge in [0.2, 0.25) is 0 Å². The van der Waals surface area contributed by atoms with Gasteiger partial charge in [0.05, 0.1) is 0 Å². The molecule has 1 fully saturated rings. The molecule has 2 rings (SSSR count). The summed E-state index contributed by atoms with van der Waals surface area (Å²) in [6.07, 6.45) is 3.77. The predicted octanol–water partition coefficient (Wildman–Crippen LogP) is 3.80. The van der Waals surface area contributed by atoms with E-state index in [0.717, 1.165) is 13.1 Å². The quantitative estimate of drug-likeness (QED) is 0.803. The molecule has 0 heterocycles. The van der Waals surface area contributed by atoms with E-state index >= 15 is 0 Å². The van der Waals surface area contributed by atoms with Gasteiger partial charge >= 0.3 is 0 Å². The van der Waals surface area contributed by atoms with Crippen molar-refractivity contribution in [2.75, 3.05) is 6.54 Å². The normalized spacial score (nSPS) is 24.2. The smallest absolute Gasteiger partial charge is 0.0376 e. The third-order valence-electron chi connectivity index (χ3n) is 3.87.